The normalized spacial score (nSPS) is 10.7. The second kappa shape index (κ2) is 5.09. The van der Waals surface area contributed by atoms with E-state index < -0.39 is 5.97 Å². The highest BCUT2D eigenvalue weighted by Gasteiger charge is 2.08. The number of halogens is 2. The predicted molar refractivity (Wildman–Crippen MR) is 55.4 cm³/mol. The van der Waals surface area contributed by atoms with Crippen LogP contribution in [-0.2, 0) is 11.3 Å². The summed E-state index contributed by atoms with van der Waals surface area (Å²) in [5.41, 5.74) is 0.395. The van der Waals surface area contributed by atoms with Gasteiger partial charge in [0, 0.05) is 17.1 Å². The van der Waals surface area contributed by atoms with E-state index in [-0.39, 0.29) is 18.9 Å². The molecule has 0 aliphatic rings. The van der Waals surface area contributed by atoms with E-state index in [0.717, 1.165) is 0 Å². The summed E-state index contributed by atoms with van der Waals surface area (Å²) in [5.74, 6) is -1.32. The molecule has 0 aliphatic carbocycles. The van der Waals surface area contributed by atoms with Gasteiger partial charge in [0.1, 0.15) is 5.82 Å². The Morgan fingerprint density at radius 2 is 2.27 bits per heavy atom. The van der Waals surface area contributed by atoms with Gasteiger partial charge in [-0.1, -0.05) is 11.6 Å². The van der Waals surface area contributed by atoms with Crippen LogP contribution in [-0.4, -0.2) is 29.6 Å². The molecule has 1 rings (SSSR count). The Morgan fingerprint density at radius 3 is 2.87 bits per heavy atom. The molecule has 1 N–H and O–H groups in total. The summed E-state index contributed by atoms with van der Waals surface area (Å²) in [4.78, 5) is 11.9. The molecule has 5 heteroatoms. The topological polar surface area (TPSA) is 40.5 Å². The van der Waals surface area contributed by atoms with Crippen molar-refractivity contribution in [2.24, 2.45) is 0 Å². The van der Waals surface area contributed by atoms with Gasteiger partial charge in [-0.3, -0.25) is 9.69 Å². The van der Waals surface area contributed by atoms with E-state index in [2.05, 4.69) is 0 Å². The highest BCUT2D eigenvalue weighted by atomic mass is 35.5. The van der Waals surface area contributed by atoms with E-state index in [4.69, 9.17) is 16.7 Å². The maximum Gasteiger partial charge on any atom is 0.317 e. The summed E-state index contributed by atoms with van der Waals surface area (Å²) in [5, 5.41) is 8.96. The third-order valence-electron chi connectivity index (χ3n) is 1.85. The minimum atomic E-state index is -0.945. The molecule has 0 aliphatic heterocycles. The summed E-state index contributed by atoms with van der Waals surface area (Å²) >= 11 is 5.70. The monoisotopic (exact) mass is 231 g/mol. The molecule has 0 unspecified atom stereocenters. The zero-order valence-electron chi connectivity index (χ0n) is 8.20. The van der Waals surface area contributed by atoms with Crippen LogP contribution in [0.3, 0.4) is 0 Å². The van der Waals surface area contributed by atoms with Gasteiger partial charge in [-0.2, -0.15) is 0 Å². The van der Waals surface area contributed by atoms with E-state index >= 15 is 0 Å². The number of hydrogen-bond acceptors (Lipinski definition) is 2. The van der Waals surface area contributed by atoms with Crippen LogP contribution in [0.15, 0.2) is 18.2 Å². The first-order valence-corrected chi connectivity index (χ1v) is 4.71. The number of benzene rings is 1. The highest BCUT2D eigenvalue weighted by molar-refractivity contribution is 6.30. The number of carboxylic acids is 1. The van der Waals surface area contributed by atoms with Gasteiger partial charge in [-0.15, -0.1) is 0 Å². The lowest BCUT2D eigenvalue weighted by molar-refractivity contribution is -0.138. The zero-order valence-corrected chi connectivity index (χ0v) is 8.96. The summed E-state index contributed by atoms with van der Waals surface area (Å²) < 4.78 is 13.2. The maximum atomic E-state index is 13.2. The molecule has 0 radical (unpaired) electrons. The molecule has 15 heavy (non-hydrogen) atoms. The standard InChI is InChI=1S/C10H11ClFNO2/c1-13(6-10(14)15)5-7-4-8(11)2-3-9(7)12/h2-4H,5-6H2,1H3,(H,14,15). The third-order valence-corrected chi connectivity index (χ3v) is 2.09. The van der Waals surface area contributed by atoms with Crippen LogP contribution in [0.2, 0.25) is 5.02 Å². The van der Waals surface area contributed by atoms with Crippen LogP contribution in [0, 0.1) is 5.82 Å². The van der Waals surface area contributed by atoms with Crippen LogP contribution in [0.25, 0.3) is 0 Å². The lowest BCUT2D eigenvalue weighted by Gasteiger charge is -2.14. The van der Waals surface area contributed by atoms with Crippen LogP contribution in [0.4, 0.5) is 4.39 Å². The molecular weight excluding hydrogens is 221 g/mol. The lowest BCUT2D eigenvalue weighted by atomic mass is 10.2. The number of rotatable bonds is 4. The van der Waals surface area contributed by atoms with Crippen LogP contribution >= 0.6 is 11.6 Å². The van der Waals surface area contributed by atoms with E-state index in [9.17, 15) is 9.18 Å². The van der Waals surface area contributed by atoms with E-state index in [1.54, 1.807) is 7.05 Å². The van der Waals surface area contributed by atoms with Gasteiger partial charge in [0.2, 0.25) is 0 Å². The third kappa shape index (κ3) is 3.85. The molecule has 1 aromatic carbocycles. The van der Waals surface area contributed by atoms with Gasteiger partial charge < -0.3 is 5.11 Å². The molecule has 0 saturated heterocycles. The fourth-order valence-electron chi connectivity index (χ4n) is 1.24. The molecule has 82 valence electrons. The zero-order chi connectivity index (χ0) is 11.4. The van der Waals surface area contributed by atoms with Gasteiger partial charge >= 0.3 is 5.97 Å². The largest absolute Gasteiger partial charge is 0.480 e. The van der Waals surface area contributed by atoms with Crippen LogP contribution < -0.4 is 0 Å². The Hall–Kier alpha value is -1.13. The Bertz CT molecular complexity index is 370. The first-order valence-electron chi connectivity index (χ1n) is 4.33. The molecule has 0 aromatic heterocycles. The summed E-state index contributed by atoms with van der Waals surface area (Å²) in [6.07, 6.45) is 0. The van der Waals surface area contributed by atoms with Gasteiger partial charge in [-0.05, 0) is 25.2 Å². The molecule has 0 saturated carbocycles. The minimum absolute atomic E-state index is 0.133. The smallest absolute Gasteiger partial charge is 0.317 e. The quantitative estimate of drug-likeness (QED) is 0.862. The Kier molecular flexibility index (Phi) is 4.05. The molecule has 0 heterocycles. The molecular formula is C10H11ClFNO2. The van der Waals surface area contributed by atoms with Gasteiger partial charge in [0.05, 0.1) is 6.54 Å². The van der Waals surface area contributed by atoms with Crippen LogP contribution in [0.1, 0.15) is 5.56 Å². The number of carbonyl (C=O) groups is 1. The molecule has 0 atom stereocenters. The number of likely N-dealkylation sites (N-methyl/N-ethyl adjacent to an activating group) is 1. The lowest BCUT2D eigenvalue weighted by Crippen LogP contribution is -2.25. The van der Waals surface area contributed by atoms with Crippen LogP contribution in [0.5, 0.6) is 0 Å². The average Bonchev–Trinajstić information content (AvgIpc) is 2.10. The van der Waals surface area contributed by atoms with Crippen molar-refractivity contribution in [2.45, 2.75) is 6.54 Å². The molecule has 0 spiro atoms. The number of hydrogen-bond donors (Lipinski definition) is 1. The van der Waals surface area contributed by atoms with Crippen molar-refractivity contribution in [3.63, 3.8) is 0 Å². The molecule has 3 nitrogen and oxygen atoms in total. The predicted octanol–water partition coefficient (Wildman–Crippen LogP) is 2.00. The summed E-state index contributed by atoms with van der Waals surface area (Å²) in [6, 6.07) is 4.22. The maximum absolute atomic E-state index is 13.2. The first-order chi connectivity index (χ1) is 6.99. The molecule has 1 aromatic rings. The Labute approximate surface area is 92.1 Å². The second-order valence-corrected chi connectivity index (χ2v) is 3.74. The van der Waals surface area contributed by atoms with Gasteiger partial charge in [-0.25, -0.2) is 4.39 Å². The molecule has 0 bridgehead atoms. The number of nitrogens with zero attached hydrogens (tertiary/aromatic N) is 1. The fourth-order valence-corrected chi connectivity index (χ4v) is 1.44. The van der Waals surface area contributed by atoms with E-state index in [1.807, 2.05) is 0 Å². The van der Waals surface area contributed by atoms with Crippen molar-refractivity contribution in [1.29, 1.82) is 0 Å². The minimum Gasteiger partial charge on any atom is -0.480 e. The molecule has 0 fully saturated rings. The Morgan fingerprint density at radius 1 is 1.60 bits per heavy atom. The van der Waals surface area contributed by atoms with Crippen molar-refractivity contribution in [3.05, 3.63) is 34.6 Å². The van der Waals surface area contributed by atoms with Crippen molar-refractivity contribution in [2.75, 3.05) is 13.6 Å². The summed E-state index contributed by atoms with van der Waals surface area (Å²) in [7, 11) is 1.61. The Balaban J connectivity index is 2.71. The SMILES string of the molecule is CN(CC(=O)O)Cc1cc(Cl)ccc1F. The van der Waals surface area contributed by atoms with E-state index in [0.29, 0.717) is 10.6 Å². The first kappa shape index (κ1) is 11.9. The number of aliphatic carboxylic acids is 1. The summed E-state index contributed by atoms with van der Waals surface area (Å²) in [6.45, 7) is 0.0879. The van der Waals surface area contributed by atoms with Gasteiger partial charge in [0.25, 0.3) is 0 Å². The fraction of sp³-hybridized carbons (Fsp3) is 0.300. The van der Waals surface area contributed by atoms with E-state index in [1.165, 1.54) is 23.1 Å². The molecule has 0 amide bonds. The van der Waals surface area contributed by atoms with Crippen molar-refractivity contribution >= 4 is 17.6 Å². The second-order valence-electron chi connectivity index (χ2n) is 3.30. The van der Waals surface area contributed by atoms with Crippen molar-refractivity contribution < 1.29 is 14.3 Å². The highest BCUT2D eigenvalue weighted by Crippen LogP contribution is 2.15. The van der Waals surface area contributed by atoms with Crippen molar-refractivity contribution in [3.8, 4) is 0 Å². The van der Waals surface area contributed by atoms with Crippen molar-refractivity contribution in [1.82, 2.24) is 4.90 Å². The van der Waals surface area contributed by atoms with Gasteiger partial charge in [0.15, 0.2) is 0 Å². The average molecular weight is 232 g/mol. The number of carboxylic acid groups (broad SMARTS) is 1.